The molecule has 30 heavy (non-hydrogen) atoms. The minimum atomic E-state index is -0.00278. The number of hydrogen-bond acceptors (Lipinski definition) is 7. The summed E-state index contributed by atoms with van der Waals surface area (Å²) in [5.74, 6) is 3.25. The zero-order valence-corrected chi connectivity index (χ0v) is 17.5. The first kappa shape index (κ1) is 20.3. The molecule has 2 aromatic rings. The highest BCUT2D eigenvalue weighted by atomic mass is 16.5. The maximum absolute atomic E-state index is 12.5. The first-order valence-electron chi connectivity index (χ1n) is 10.6. The normalized spacial score (nSPS) is 17.0. The highest BCUT2D eigenvalue weighted by Crippen LogP contribution is 2.20. The van der Waals surface area contributed by atoms with Crippen molar-refractivity contribution in [3.8, 4) is 11.5 Å². The molecule has 0 saturated carbocycles. The Kier molecular flexibility index (Phi) is 6.51. The van der Waals surface area contributed by atoms with Crippen molar-refractivity contribution in [2.45, 2.75) is 19.3 Å². The van der Waals surface area contributed by atoms with Crippen LogP contribution in [-0.2, 0) is 4.79 Å². The number of piperazine rings is 1. The maximum Gasteiger partial charge on any atom is 0.260 e. The zero-order chi connectivity index (χ0) is 20.8. The summed E-state index contributed by atoms with van der Waals surface area (Å²) in [6.45, 7) is 4.95. The van der Waals surface area contributed by atoms with Crippen molar-refractivity contribution in [1.82, 2.24) is 15.1 Å². The van der Waals surface area contributed by atoms with Gasteiger partial charge in [0, 0.05) is 39.3 Å². The summed E-state index contributed by atoms with van der Waals surface area (Å²) >= 11 is 0. The average molecular weight is 412 g/mol. The number of benzene rings is 1. The first-order valence-corrected chi connectivity index (χ1v) is 10.6. The molecule has 160 valence electrons. The van der Waals surface area contributed by atoms with Gasteiger partial charge in [0.2, 0.25) is 0 Å². The van der Waals surface area contributed by atoms with Gasteiger partial charge in [0.1, 0.15) is 11.5 Å². The molecule has 2 aliphatic heterocycles. The molecular formula is C22H29N5O3. The molecule has 2 saturated heterocycles. The van der Waals surface area contributed by atoms with Crippen LogP contribution in [-0.4, -0.2) is 74.0 Å². The van der Waals surface area contributed by atoms with Crippen LogP contribution in [0.2, 0.25) is 0 Å². The lowest BCUT2D eigenvalue weighted by molar-refractivity contribution is -0.133. The van der Waals surface area contributed by atoms with Crippen molar-refractivity contribution in [3.05, 3.63) is 36.4 Å². The molecule has 0 spiro atoms. The van der Waals surface area contributed by atoms with Crippen molar-refractivity contribution in [3.63, 3.8) is 0 Å². The van der Waals surface area contributed by atoms with Crippen LogP contribution in [0, 0.1) is 0 Å². The van der Waals surface area contributed by atoms with Gasteiger partial charge >= 0.3 is 0 Å². The molecule has 0 radical (unpaired) electrons. The Morgan fingerprint density at radius 2 is 1.37 bits per heavy atom. The number of aromatic nitrogens is 2. The largest absolute Gasteiger partial charge is 0.497 e. The zero-order valence-electron chi connectivity index (χ0n) is 17.5. The summed E-state index contributed by atoms with van der Waals surface area (Å²) in [4.78, 5) is 18.8. The van der Waals surface area contributed by atoms with Crippen LogP contribution in [0.15, 0.2) is 36.4 Å². The number of anilines is 2. The molecule has 0 bridgehead atoms. The van der Waals surface area contributed by atoms with E-state index in [0.29, 0.717) is 18.8 Å². The minimum Gasteiger partial charge on any atom is -0.497 e. The van der Waals surface area contributed by atoms with E-state index in [1.54, 1.807) is 19.2 Å². The van der Waals surface area contributed by atoms with E-state index in [1.165, 1.54) is 19.3 Å². The lowest BCUT2D eigenvalue weighted by Crippen LogP contribution is -2.50. The Morgan fingerprint density at radius 3 is 1.93 bits per heavy atom. The van der Waals surface area contributed by atoms with Gasteiger partial charge in [-0.05, 0) is 55.7 Å². The molecule has 2 aliphatic rings. The van der Waals surface area contributed by atoms with E-state index in [1.807, 2.05) is 23.1 Å². The quantitative estimate of drug-likeness (QED) is 0.722. The van der Waals surface area contributed by atoms with E-state index < -0.39 is 0 Å². The number of ether oxygens (including phenoxy) is 2. The fourth-order valence-corrected chi connectivity index (χ4v) is 3.87. The highest BCUT2D eigenvalue weighted by Gasteiger charge is 2.23. The third kappa shape index (κ3) is 4.93. The second-order valence-electron chi connectivity index (χ2n) is 7.63. The standard InChI is InChI=1S/C22H29N5O3/c1-29-18-5-7-19(8-6-18)30-17-22(28)27-15-13-26(14-16-27)21-10-9-20(23-24-21)25-11-3-2-4-12-25/h5-10H,2-4,11-17H2,1H3. The predicted octanol–water partition coefficient (Wildman–Crippen LogP) is 2.20. The fourth-order valence-electron chi connectivity index (χ4n) is 3.87. The van der Waals surface area contributed by atoms with Crippen molar-refractivity contribution in [2.24, 2.45) is 0 Å². The number of hydrogen-bond donors (Lipinski definition) is 0. The van der Waals surface area contributed by atoms with Crippen molar-refractivity contribution >= 4 is 17.5 Å². The Morgan fingerprint density at radius 1 is 0.800 bits per heavy atom. The Bertz CT molecular complexity index is 814. The Balaban J connectivity index is 1.24. The Hall–Kier alpha value is -3.03. The van der Waals surface area contributed by atoms with Gasteiger partial charge in [-0.1, -0.05) is 0 Å². The molecule has 0 atom stereocenters. The van der Waals surface area contributed by atoms with Crippen molar-refractivity contribution < 1.29 is 14.3 Å². The van der Waals surface area contributed by atoms with Gasteiger partial charge in [0.15, 0.2) is 18.2 Å². The molecular weight excluding hydrogens is 382 g/mol. The third-order valence-electron chi connectivity index (χ3n) is 5.69. The van der Waals surface area contributed by atoms with E-state index in [9.17, 15) is 4.79 Å². The van der Waals surface area contributed by atoms with Crippen LogP contribution in [0.1, 0.15) is 19.3 Å². The third-order valence-corrected chi connectivity index (χ3v) is 5.69. The van der Waals surface area contributed by atoms with Gasteiger partial charge in [-0.2, -0.15) is 0 Å². The lowest BCUT2D eigenvalue weighted by atomic mass is 10.1. The summed E-state index contributed by atoms with van der Waals surface area (Å²) in [6, 6.07) is 11.3. The van der Waals surface area contributed by atoms with Gasteiger partial charge in [0.25, 0.3) is 5.91 Å². The molecule has 1 aromatic heterocycles. The van der Waals surface area contributed by atoms with E-state index >= 15 is 0 Å². The molecule has 4 rings (SSSR count). The number of methoxy groups -OCH3 is 1. The SMILES string of the molecule is COc1ccc(OCC(=O)N2CCN(c3ccc(N4CCCCC4)nn3)CC2)cc1. The van der Waals surface area contributed by atoms with Gasteiger partial charge in [-0.25, -0.2) is 0 Å². The second kappa shape index (κ2) is 9.65. The van der Waals surface area contributed by atoms with Crippen LogP contribution in [0.3, 0.4) is 0 Å². The molecule has 0 aliphatic carbocycles. The number of nitrogens with zero attached hydrogens (tertiary/aromatic N) is 5. The van der Waals surface area contributed by atoms with Crippen LogP contribution >= 0.6 is 0 Å². The first-order chi connectivity index (χ1) is 14.7. The maximum atomic E-state index is 12.5. The number of amides is 1. The van der Waals surface area contributed by atoms with Crippen molar-refractivity contribution in [2.75, 3.05) is 62.8 Å². The number of piperidine rings is 1. The average Bonchev–Trinajstić information content (AvgIpc) is 2.83. The van der Waals surface area contributed by atoms with Crippen LogP contribution in [0.25, 0.3) is 0 Å². The second-order valence-corrected chi connectivity index (χ2v) is 7.63. The van der Waals surface area contributed by atoms with E-state index in [-0.39, 0.29) is 12.5 Å². The number of carbonyl (C=O) groups excluding carboxylic acids is 1. The van der Waals surface area contributed by atoms with Crippen LogP contribution < -0.4 is 19.3 Å². The summed E-state index contributed by atoms with van der Waals surface area (Å²) in [5, 5.41) is 8.87. The topological polar surface area (TPSA) is 71.0 Å². The molecule has 8 nitrogen and oxygen atoms in total. The molecule has 8 heteroatoms. The highest BCUT2D eigenvalue weighted by molar-refractivity contribution is 5.78. The summed E-state index contributed by atoms with van der Waals surface area (Å²) in [7, 11) is 1.62. The van der Waals surface area contributed by atoms with E-state index in [2.05, 4.69) is 26.1 Å². The van der Waals surface area contributed by atoms with Gasteiger partial charge in [-0.3, -0.25) is 4.79 Å². The van der Waals surface area contributed by atoms with Gasteiger partial charge in [-0.15, -0.1) is 10.2 Å². The summed E-state index contributed by atoms with van der Waals surface area (Å²) in [5.41, 5.74) is 0. The lowest BCUT2D eigenvalue weighted by Gasteiger charge is -2.35. The van der Waals surface area contributed by atoms with Crippen molar-refractivity contribution in [1.29, 1.82) is 0 Å². The molecule has 0 unspecified atom stereocenters. The molecule has 3 heterocycles. The van der Waals surface area contributed by atoms with Gasteiger partial charge in [0.05, 0.1) is 7.11 Å². The summed E-state index contributed by atoms with van der Waals surface area (Å²) in [6.07, 6.45) is 3.75. The van der Waals surface area contributed by atoms with E-state index in [4.69, 9.17) is 9.47 Å². The number of carbonyl (C=O) groups is 1. The fraction of sp³-hybridized carbons (Fsp3) is 0.500. The number of rotatable bonds is 6. The van der Waals surface area contributed by atoms with Gasteiger partial charge < -0.3 is 24.2 Å². The monoisotopic (exact) mass is 411 g/mol. The van der Waals surface area contributed by atoms with Crippen LogP contribution in [0.4, 0.5) is 11.6 Å². The smallest absolute Gasteiger partial charge is 0.260 e. The molecule has 1 aromatic carbocycles. The molecule has 1 amide bonds. The molecule has 2 fully saturated rings. The van der Waals surface area contributed by atoms with E-state index in [0.717, 1.165) is 43.6 Å². The summed E-state index contributed by atoms with van der Waals surface area (Å²) < 4.78 is 10.7. The Labute approximate surface area is 177 Å². The minimum absolute atomic E-state index is 0.00278. The predicted molar refractivity (Wildman–Crippen MR) is 115 cm³/mol. The van der Waals surface area contributed by atoms with Crippen LogP contribution in [0.5, 0.6) is 11.5 Å². The molecule has 0 N–H and O–H groups in total.